The fraction of sp³-hybridized carbons (Fsp3) is 0.929. The molecule has 1 heterocycles. The van der Waals surface area contributed by atoms with Gasteiger partial charge in [-0.1, -0.05) is 26.7 Å². The van der Waals surface area contributed by atoms with Crippen LogP contribution < -0.4 is 5.32 Å². The Labute approximate surface area is 105 Å². The minimum Gasteiger partial charge on any atom is -0.337 e. The summed E-state index contributed by atoms with van der Waals surface area (Å²) in [6, 6.07) is 0.925. The Kier molecular flexibility index (Phi) is 4.43. The Balaban J connectivity index is 2.00. The van der Waals surface area contributed by atoms with Gasteiger partial charge >= 0.3 is 0 Å². The summed E-state index contributed by atoms with van der Waals surface area (Å²) in [4.78, 5) is 14.7. The zero-order valence-corrected chi connectivity index (χ0v) is 11.2. The Morgan fingerprint density at radius 2 is 1.94 bits per heavy atom. The van der Waals surface area contributed by atoms with Gasteiger partial charge in [0.1, 0.15) is 0 Å². The van der Waals surface area contributed by atoms with Crippen LogP contribution in [0.25, 0.3) is 0 Å². The van der Waals surface area contributed by atoms with E-state index in [1.807, 2.05) is 0 Å². The molecule has 0 bridgehead atoms. The summed E-state index contributed by atoms with van der Waals surface area (Å²) >= 11 is 0. The first-order valence-electron chi connectivity index (χ1n) is 7.30. The molecule has 2 fully saturated rings. The molecule has 3 heteroatoms. The van der Waals surface area contributed by atoms with Crippen molar-refractivity contribution in [3.63, 3.8) is 0 Å². The summed E-state index contributed by atoms with van der Waals surface area (Å²) in [5.74, 6) is 0.772. The van der Waals surface area contributed by atoms with E-state index in [1.54, 1.807) is 0 Å². The van der Waals surface area contributed by atoms with Gasteiger partial charge in [-0.15, -0.1) is 0 Å². The smallest absolute Gasteiger partial charge is 0.226 e. The third kappa shape index (κ3) is 2.82. The third-order valence-corrected chi connectivity index (χ3v) is 4.45. The van der Waals surface area contributed by atoms with Crippen LogP contribution >= 0.6 is 0 Å². The third-order valence-electron chi connectivity index (χ3n) is 4.45. The second-order valence-corrected chi connectivity index (χ2v) is 5.55. The predicted octanol–water partition coefficient (Wildman–Crippen LogP) is 2.17. The normalized spacial score (nSPS) is 30.8. The van der Waals surface area contributed by atoms with Gasteiger partial charge in [-0.2, -0.15) is 0 Å². The van der Waals surface area contributed by atoms with Gasteiger partial charge in [-0.3, -0.25) is 4.79 Å². The van der Waals surface area contributed by atoms with Crippen molar-refractivity contribution in [2.45, 2.75) is 64.5 Å². The lowest BCUT2D eigenvalue weighted by Crippen LogP contribution is -2.58. The fourth-order valence-corrected chi connectivity index (χ4v) is 3.18. The molecule has 1 amide bonds. The second kappa shape index (κ2) is 5.85. The van der Waals surface area contributed by atoms with E-state index < -0.39 is 0 Å². The number of amides is 1. The fourth-order valence-electron chi connectivity index (χ4n) is 3.18. The maximum absolute atomic E-state index is 12.5. The molecule has 98 valence electrons. The monoisotopic (exact) mass is 238 g/mol. The van der Waals surface area contributed by atoms with Crippen LogP contribution in [-0.2, 0) is 4.79 Å². The van der Waals surface area contributed by atoms with Gasteiger partial charge in [-0.25, -0.2) is 0 Å². The SMILES string of the molecule is CCC1CN(C(=O)C2CCCC2)C(CC)CN1. The summed E-state index contributed by atoms with van der Waals surface area (Å²) < 4.78 is 0. The number of rotatable bonds is 3. The lowest BCUT2D eigenvalue weighted by Gasteiger charge is -2.41. The molecule has 0 aromatic rings. The van der Waals surface area contributed by atoms with Crippen LogP contribution in [0.3, 0.4) is 0 Å². The number of hydrogen-bond donors (Lipinski definition) is 1. The molecule has 0 radical (unpaired) electrons. The zero-order chi connectivity index (χ0) is 12.3. The lowest BCUT2D eigenvalue weighted by molar-refractivity contribution is -0.139. The highest BCUT2D eigenvalue weighted by molar-refractivity contribution is 5.79. The Bertz CT molecular complexity index is 261. The van der Waals surface area contributed by atoms with Crippen molar-refractivity contribution >= 4 is 5.91 Å². The van der Waals surface area contributed by atoms with Crippen molar-refractivity contribution in [2.75, 3.05) is 13.1 Å². The lowest BCUT2D eigenvalue weighted by atomic mass is 10.00. The van der Waals surface area contributed by atoms with Gasteiger partial charge in [0.2, 0.25) is 5.91 Å². The summed E-state index contributed by atoms with van der Waals surface area (Å²) in [5.41, 5.74) is 0. The van der Waals surface area contributed by atoms with Crippen molar-refractivity contribution in [1.29, 1.82) is 0 Å². The first kappa shape index (κ1) is 12.9. The summed E-state index contributed by atoms with van der Waals surface area (Å²) in [6.07, 6.45) is 6.92. The summed E-state index contributed by atoms with van der Waals surface area (Å²) in [6.45, 7) is 6.29. The molecule has 2 atom stereocenters. The maximum atomic E-state index is 12.5. The first-order valence-corrected chi connectivity index (χ1v) is 7.30. The number of piperazine rings is 1. The van der Waals surface area contributed by atoms with Crippen LogP contribution in [0.1, 0.15) is 52.4 Å². The van der Waals surface area contributed by atoms with E-state index in [0.29, 0.717) is 23.9 Å². The molecule has 1 aliphatic heterocycles. The van der Waals surface area contributed by atoms with Crippen LogP contribution in [-0.4, -0.2) is 36.0 Å². The standard InChI is InChI=1S/C14H26N2O/c1-3-12-10-16(13(4-2)9-15-12)14(17)11-7-5-6-8-11/h11-13,15H,3-10H2,1-2H3. The van der Waals surface area contributed by atoms with E-state index in [1.165, 1.54) is 12.8 Å². The molecule has 2 aliphatic rings. The number of nitrogens with one attached hydrogen (secondary N) is 1. The molecule has 1 saturated heterocycles. The van der Waals surface area contributed by atoms with E-state index >= 15 is 0 Å². The average Bonchev–Trinajstić information content (AvgIpc) is 2.91. The van der Waals surface area contributed by atoms with Crippen molar-refractivity contribution < 1.29 is 4.79 Å². The molecular weight excluding hydrogens is 212 g/mol. The quantitative estimate of drug-likeness (QED) is 0.817. The molecule has 1 N–H and O–H groups in total. The number of nitrogens with zero attached hydrogens (tertiary/aromatic N) is 1. The van der Waals surface area contributed by atoms with Crippen LogP contribution in [0.15, 0.2) is 0 Å². The molecule has 1 saturated carbocycles. The largest absolute Gasteiger partial charge is 0.337 e. The molecule has 0 spiro atoms. The van der Waals surface area contributed by atoms with E-state index in [-0.39, 0.29) is 0 Å². The number of hydrogen-bond acceptors (Lipinski definition) is 2. The first-order chi connectivity index (χ1) is 8.26. The number of carbonyl (C=O) groups is 1. The highest BCUT2D eigenvalue weighted by Crippen LogP contribution is 2.28. The van der Waals surface area contributed by atoms with Crippen molar-refractivity contribution in [1.82, 2.24) is 10.2 Å². The average molecular weight is 238 g/mol. The topological polar surface area (TPSA) is 32.3 Å². The van der Waals surface area contributed by atoms with Crippen LogP contribution in [0.4, 0.5) is 0 Å². The molecule has 0 aromatic carbocycles. The molecule has 0 aromatic heterocycles. The molecule has 17 heavy (non-hydrogen) atoms. The Hall–Kier alpha value is -0.570. The molecule has 2 rings (SSSR count). The van der Waals surface area contributed by atoms with Crippen LogP contribution in [0, 0.1) is 5.92 Å². The predicted molar refractivity (Wildman–Crippen MR) is 69.8 cm³/mol. The zero-order valence-electron chi connectivity index (χ0n) is 11.2. The van der Waals surface area contributed by atoms with E-state index in [9.17, 15) is 4.79 Å². The van der Waals surface area contributed by atoms with Gasteiger partial charge < -0.3 is 10.2 Å². The van der Waals surface area contributed by atoms with E-state index in [2.05, 4.69) is 24.1 Å². The van der Waals surface area contributed by atoms with Gasteiger partial charge in [0.25, 0.3) is 0 Å². The van der Waals surface area contributed by atoms with Gasteiger partial charge in [0, 0.05) is 31.1 Å². The van der Waals surface area contributed by atoms with Gasteiger partial charge in [0.15, 0.2) is 0 Å². The number of carbonyl (C=O) groups excluding carboxylic acids is 1. The molecule has 3 nitrogen and oxygen atoms in total. The van der Waals surface area contributed by atoms with Gasteiger partial charge in [0.05, 0.1) is 0 Å². The van der Waals surface area contributed by atoms with Crippen molar-refractivity contribution in [3.05, 3.63) is 0 Å². The highest BCUT2D eigenvalue weighted by Gasteiger charge is 2.34. The van der Waals surface area contributed by atoms with Crippen LogP contribution in [0.2, 0.25) is 0 Å². The minimum absolute atomic E-state index is 0.333. The highest BCUT2D eigenvalue weighted by atomic mass is 16.2. The second-order valence-electron chi connectivity index (χ2n) is 5.55. The molecule has 2 unspecified atom stereocenters. The summed E-state index contributed by atoms with van der Waals surface area (Å²) in [5, 5.41) is 3.55. The van der Waals surface area contributed by atoms with E-state index in [0.717, 1.165) is 38.8 Å². The molecular formula is C14H26N2O. The Morgan fingerprint density at radius 1 is 1.24 bits per heavy atom. The van der Waals surface area contributed by atoms with Crippen molar-refractivity contribution in [2.24, 2.45) is 5.92 Å². The summed E-state index contributed by atoms with van der Waals surface area (Å²) in [7, 11) is 0. The molecule has 1 aliphatic carbocycles. The van der Waals surface area contributed by atoms with Gasteiger partial charge in [-0.05, 0) is 25.7 Å². The maximum Gasteiger partial charge on any atom is 0.226 e. The van der Waals surface area contributed by atoms with Crippen LogP contribution in [0.5, 0.6) is 0 Å². The van der Waals surface area contributed by atoms with Crippen molar-refractivity contribution in [3.8, 4) is 0 Å². The minimum atomic E-state index is 0.333. The Morgan fingerprint density at radius 3 is 2.53 bits per heavy atom. The van der Waals surface area contributed by atoms with E-state index in [4.69, 9.17) is 0 Å².